The first kappa shape index (κ1) is 20.1. The second kappa shape index (κ2) is 9.44. The zero-order valence-electron chi connectivity index (χ0n) is 13.7. The van der Waals surface area contributed by atoms with Crippen LogP contribution in [0, 0.1) is 6.92 Å². The molecular weight excluding hydrogens is 470 g/mol. The summed E-state index contributed by atoms with van der Waals surface area (Å²) < 4.78 is 6.41. The van der Waals surface area contributed by atoms with Crippen LogP contribution in [-0.4, -0.2) is 35.9 Å². The third-order valence-electron chi connectivity index (χ3n) is 3.18. The molecule has 0 radical (unpaired) electrons. The summed E-state index contributed by atoms with van der Waals surface area (Å²) in [6.07, 6.45) is 2.86. The SMILES string of the molecule is Cc1cc(Br)ccc1NC(=O)CNC(=O)COC(=O)c1cncc(Br)c1. The number of carbonyl (C=O) groups excluding carboxylic acids is 3. The van der Waals surface area contributed by atoms with E-state index in [2.05, 4.69) is 47.5 Å². The highest BCUT2D eigenvalue weighted by atomic mass is 79.9. The van der Waals surface area contributed by atoms with E-state index >= 15 is 0 Å². The average molecular weight is 485 g/mol. The zero-order valence-corrected chi connectivity index (χ0v) is 16.9. The van der Waals surface area contributed by atoms with Gasteiger partial charge in [-0.1, -0.05) is 15.9 Å². The number of esters is 1. The molecule has 2 amide bonds. The molecule has 0 fully saturated rings. The van der Waals surface area contributed by atoms with Crippen LogP contribution in [0.15, 0.2) is 45.6 Å². The number of amides is 2. The molecule has 9 heteroatoms. The third-order valence-corrected chi connectivity index (χ3v) is 4.11. The topological polar surface area (TPSA) is 97.4 Å². The highest BCUT2D eigenvalue weighted by molar-refractivity contribution is 9.10. The first-order valence-corrected chi connectivity index (χ1v) is 9.04. The Labute approximate surface area is 166 Å². The molecule has 0 saturated heterocycles. The fourth-order valence-corrected chi connectivity index (χ4v) is 2.77. The minimum absolute atomic E-state index is 0.218. The number of nitrogens with one attached hydrogen (secondary N) is 2. The van der Waals surface area contributed by atoms with Crippen molar-refractivity contribution >= 4 is 55.3 Å². The van der Waals surface area contributed by atoms with Crippen LogP contribution in [0.3, 0.4) is 0 Å². The number of halogens is 2. The monoisotopic (exact) mass is 483 g/mol. The molecule has 0 aliphatic carbocycles. The summed E-state index contributed by atoms with van der Waals surface area (Å²) in [4.78, 5) is 39.2. The van der Waals surface area contributed by atoms with E-state index in [1.54, 1.807) is 12.1 Å². The lowest BCUT2D eigenvalue weighted by Gasteiger charge is -2.10. The Hall–Kier alpha value is -2.26. The quantitative estimate of drug-likeness (QED) is 0.614. The number of aromatic nitrogens is 1. The van der Waals surface area contributed by atoms with Crippen molar-refractivity contribution in [3.05, 3.63) is 56.7 Å². The number of hydrogen-bond donors (Lipinski definition) is 2. The van der Waals surface area contributed by atoms with Crippen molar-refractivity contribution in [3.8, 4) is 0 Å². The number of rotatable bonds is 6. The van der Waals surface area contributed by atoms with Gasteiger partial charge in [-0.15, -0.1) is 0 Å². The maximum atomic E-state index is 11.9. The van der Waals surface area contributed by atoms with Crippen LogP contribution in [0.25, 0.3) is 0 Å². The van der Waals surface area contributed by atoms with Crippen LogP contribution in [0.4, 0.5) is 5.69 Å². The average Bonchev–Trinajstić information content (AvgIpc) is 2.60. The Bertz CT molecular complexity index is 843. The van der Waals surface area contributed by atoms with Gasteiger partial charge in [0.25, 0.3) is 5.91 Å². The second-order valence-electron chi connectivity index (χ2n) is 5.25. The predicted octanol–water partition coefficient (Wildman–Crippen LogP) is 2.83. The van der Waals surface area contributed by atoms with Gasteiger partial charge in [-0.3, -0.25) is 14.6 Å². The molecule has 7 nitrogen and oxygen atoms in total. The molecule has 26 heavy (non-hydrogen) atoms. The van der Waals surface area contributed by atoms with Crippen LogP contribution < -0.4 is 10.6 Å². The van der Waals surface area contributed by atoms with Gasteiger partial charge in [-0.2, -0.15) is 0 Å². The number of anilines is 1. The van der Waals surface area contributed by atoms with E-state index in [1.165, 1.54) is 18.5 Å². The van der Waals surface area contributed by atoms with Gasteiger partial charge in [0.05, 0.1) is 12.1 Å². The molecule has 0 spiro atoms. The Kier molecular flexibility index (Phi) is 7.28. The molecule has 0 atom stereocenters. The molecule has 0 bridgehead atoms. The summed E-state index contributed by atoms with van der Waals surface area (Å²) in [5.41, 5.74) is 1.76. The van der Waals surface area contributed by atoms with E-state index in [-0.39, 0.29) is 18.0 Å². The minimum Gasteiger partial charge on any atom is -0.452 e. The van der Waals surface area contributed by atoms with Crippen molar-refractivity contribution in [2.75, 3.05) is 18.5 Å². The number of nitrogens with zero attached hydrogens (tertiary/aromatic N) is 1. The van der Waals surface area contributed by atoms with Crippen LogP contribution in [0.1, 0.15) is 15.9 Å². The molecular formula is C17H15Br2N3O4. The number of pyridine rings is 1. The molecule has 1 aromatic carbocycles. The molecule has 0 aliphatic heterocycles. The molecule has 0 saturated carbocycles. The zero-order chi connectivity index (χ0) is 19.1. The normalized spacial score (nSPS) is 10.1. The number of aryl methyl sites for hydroxylation is 1. The first-order valence-electron chi connectivity index (χ1n) is 7.45. The van der Waals surface area contributed by atoms with Gasteiger partial charge < -0.3 is 15.4 Å². The largest absolute Gasteiger partial charge is 0.452 e. The van der Waals surface area contributed by atoms with Crippen LogP contribution in [-0.2, 0) is 14.3 Å². The van der Waals surface area contributed by atoms with Gasteiger partial charge >= 0.3 is 5.97 Å². The Morgan fingerprint density at radius 3 is 2.54 bits per heavy atom. The molecule has 0 unspecified atom stereocenters. The van der Waals surface area contributed by atoms with Crippen molar-refractivity contribution < 1.29 is 19.1 Å². The lowest BCUT2D eigenvalue weighted by molar-refractivity contribution is -0.126. The standard InChI is InChI=1S/C17H15Br2N3O4/c1-10-4-12(18)2-3-14(10)22-15(23)8-21-16(24)9-26-17(25)11-5-13(19)7-20-6-11/h2-7H,8-9H2,1H3,(H,21,24)(H,22,23). The van der Waals surface area contributed by atoms with Gasteiger partial charge in [0.1, 0.15) is 0 Å². The molecule has 2 aromatic rings. The van der Waals surface area contributed by atoms with Crippen LogP contribution in [0.5, 0.6) is 0 Å². The van der Waals surface area contributed by atoms with Crippen molar-refractivity contribution in [1.29, 1.82) is 0 Å². The molecule has 1 aromatic heterocycles. The Morgan fingerprint density at radius 2 is 1.85 bits per heavy atom. The third kappa shape index (κ3) is 6.23. The predicted molar refractivity (Wildman–Crippen MR) is 103 cm³/mol. The van der Waals surface area contributed by atoms with E-state index in [4.69, 9.17) is 4.74 Å². The summed E-state index contributed by atoms with van der Waals surface area (Å²) in [6.45, 7) is 1.13. The van der Waals surface area contributed by atoms with E-state index < -0.39 is 18.5 Å². The van der Waals surface area contributed by atoms with E-state index in [0.29, 0.717) is 10.2 Å². The van der Waals surface area contributed by atoms with Gasteiger partial charge in [-0.25, -0.2) is 4.79 Å². The van der Waals surface area contributed by atoms with Crippen molar-refractivity contribution in [3.63, 3.8) is 0 Å². The van der Waals surface area contributed by atoms with Crippen molar-refractivity contribution in [1.82, 2.24) is 10.3 Å². The highest BCUT2D eigenvalue weighted by Gasteiger charge is 2.12. The minimum atomic E-state index is -0.677. The number of ether oxygens (including phenoxy) is 1. The summed E-state index contributed by atoms with van der Waals surface area (Å²) >= 11 is 6.54. The molecule has 1 heterocycles. The fourth-order valence-electron chi connectivity index (χ4n) is 1.93. The van der Waals surface area contributed by atoms with E-state index in [1.807, 2.05) is 13.0 Å². The van der Waals surface area contributed by atoms with Gasteiger partial charge in [0, 0.05) is 27.0 Å². The van der Waals surface area contributed by atoms with Crippen molar-refractivity contribution in [2.45, 2.75) is 6.92 Å². The first-order chi connectivity index (χ1) is 12.3. The van der Waals surface area contributed by atoms with Crippen LogP contribution in [0.2, 0.25) is 0 Å². The second-order valence-corrected chi connectivity index (χ2v) is 7.08. The van der Waals surface area contributed by atoms with Crippen molar-refractivity contribution in [2.24, 2.45) is 0 Å². The van der Waals surface area contributed by atoms with Gasteiger partial charge in [-0.05, 0) is 52.7 Å². The van der Waals surface area contributed by atoms with Gasteiger partial charge in [0.15, 0.2) is 6.61 Å². The lowest BCUT2D eigenvalue weighted by Crippen LogP contribution is -2.35. The maximum Gasteiger partial charge on any atom is 0.340 e. The summed E-state index contributed by atoms with van der Waals surface area (Å²) in [7, 11) is 0. The van der Waals surface area contributed by atoms with Crippen LogP contribution >= 0.6 is 31.9 Å². The number of benzene rings is 1. The van der Waals surface area contributed by atoms with E-state index in [0.717, 1.165) is 10.0 Å². The summed E-state index contributed by atoms with van der Waals surface area (Å²) in [5.74, 6) is -1.64. The number of hydrogen-bond acceptors (Lipinski definition) is 5. The fraction of sp³-hybridized carbons (Fsp3) is 0.176. The summed E-state index contributed by atoms with van der Waals surface area (Å²) in [5, 5.41) is 5.08. The smallest absolute Gasteiger partial charge is 0.340 e. The molecule has 136 valence electrons. The molecule has 2 N–H and O–H groups in total. The summed E-state index contributed by atoms with van der Waals surface area (Å²) in [6, 6.07) is 6.95. The molecule has 0 aliphatic rings. The Balaban J connectivity index is 1.76. The lowest BCUT2D eigenvalue weighted by atomic mass is 10.2. The van der Waals surface area contributed by atoms with Gasteiger partial charge in [0.2, 0.25) is 5.91 Å². The number of carbonyl (C=O) groups is 3. The van der Waals surface area contributed by atoms with E-state index in [9.17, 15) is 14.4 Å². The molecule has 2 rings (SSSR count). The Morgan fingerprint density at radius 1 is 1.08 bits per heavy atom. The highest BCUT2D eigenvalue weighted by Crippen LogP contribution is 2.19. The maximum absolute atomic E-state index is 11.9.